The van der Waals surface area contributed by atoms with Gasteiger partial charge in [0.15, 0.2) is 5.58 Å². The molecular formula is C15H16N4O2S. The van der Waals surface area contributed by atoms with E-state index in [0.717, 1.165) is 33.5 Å². The van der Waals surface area contributed by atoms with Crippen LogP contribution >= 0.6 is 11.3 Å². The van der Waals surface area contributed by atoms with E-state index in [2.05, 4.69) is 20.7 Å². The van der Waals surface area contributed by atoms with Gasteiger partial charge in [-0.25, -0.2) is 0 Å². The number of anilines is 1. The van der Waals surface area contributed by atoms with Gasteiger partial charge in [-0.3, -0.25) is 4.79 Å². The van der Waals surface area contributed by atoms with Gasteiger partial charge in [0.2, 0.25) is 11.0 Å². The molecule has 0 fully saturated rings. The van der Waals surface area contributed by atoms with E-state index < -0.39 is 0 Å². The highest BCUT2D eigenvalue weighted by atomic mass is 32.1. The lowest BCUT2D eigenvalue weighted by Gasteiger charge is -2.00. The number of nitrogens with one attached hydrogen (secondary N) is 1. The van der Waals surface area contributed by atoms with E-state index in [1.54, 1.807) is 0 Å². The van der Waals surface area contributed by atoms with Gasteiger partial charge in [-0.15, -0.1) is 10.2 Å². The van der Waals surface area contributed by atoms with Crippen molar-refractivity contribution in [1.82, 2.24) is 15.4 Å². The molecule has 0 aliphatic rings. The Morgan fingerprint density at radius 2 is 2.14 bits per heavy atom. The molecule has 0 saturated carbocycles. The summed E-state index contributed by atoms with van der Waals surface area (Å²) < 4.78 is 5.35. The molecular weight excluding hydrogens is 300 g/mol. The lowest BCUT2D eigenvalue weighted by molar-refractivity contribution is -0.115. The molecule has 0 atom stereocenters. The van der Waals surface area contributed by atoms with Gasteiger partial charge < -0.3 is 9.84 Å². The number of amides is 1. The number of nitrogens with zero attached hydrogens (tertiary/aromatic N) is 3. The molecule has 0 saturated heterocycles. The van der Waals surface area contributed by atoms with Crippen LogP contribution in [0.4, 0.5) is 5.13 Å². The summed E-state index contributed by atoms with van der Waals surface area (Å²) in [5.41, 5.74) is 3.51. The summed E-state index contributed by atoms with van der Waals surface area (Å²) >= 11 is 1.38. The summed E-state index contributed by atoms with van der Waals surface area (Å²) in [7, 11) is 0. The maximum Gasteiger partial charge on any atom is 0.232 e. The van der Waals surface area contributed by atoms with Gasteiger partial charge in [0.1, 0.15) is 10.7 Å². The highest BCUT2D eigenvalue weighted by Gasteiger charge is 2.15. The molecule has 1 N–H and O–H groups in total. The van der Waals surface area contributed by atoms with Crippen molar-refractivity contribution in [2.24, 2.45) is 0 Å². The first-order valence-electron chi connectivity index (χ1n) is 7.04. The van der Waals surface area contributed by atoms with Crippen molar-refractivity contribution in [3.63, 3.8) is 0 Å². The topological polar surface area (TPSA) is 80.9 Å². The van der Waals surface area contributed by atoms with Crippen LogP contribution in [0.5, 0.6) is 0 Å². The van der Waals surface area contributed by atoms with Crippen molar-refractivity contribution in [1.29, 1.82) is 0 Å². The van der Waals surface area contributed by atoms with Gasteiger partial charge in [0, 0.05) is 5.39 Å². The molecule has 0 spiro atoms. The molecule has 0 aliphatic carbocycles. The zero-order valence-electron chi connectivity index (χ0n) is 12.6. The van der Waals surface area contributed by atoms with Crippen molar-refractivity contribution in [2.75, 3.05) is 5.32 Å². The van der Waals surface area contributed by atoms with E-state index >= 15 is 0 Å². The SMILES string of the molecule is CCc1nnc(NC(=O)Cc2noc3c(C)cc(C)cc23)s1. The Morgan fingerprint density at radius 1 is 1.32 bits per heavy atom. The van der Waals surface area contributed by atoms with E-state index in [1.165, 1.54) is 11.3 Å². The van der Waals surface area contributed by atoms with Crippen LogP contribution in [0.3, 0.4) is 0 Å². The number of fused-ring (bicyclic) bond motifs is 1. The normalized spacial score (nSPS) is 11.0. The van der Waals surface area contributed by atoms with Crippen LogP contribution in [0, 0.1) is 13.8 Å². The molecule has 0 radical (unpaired) electrons. The zero-order valence-corrected chi connectivity index (χ0v) is 13.5. The van der Waals surface area contributed by atoms with Gasteiger partial charge in [0.25, 0.3) is 0 Å². The summed E-state index contributed by atoms with van der Waals surface area (Å²) in [6, 6.07) is 4.02. The zero-order chi connectivity index (χ0) is 15.7. The Morgan fingerprint density at radius 3 is 2.86 bits per heavy atom. The number of aromatic nitrogens is 3. The molecule has 2 aromatic heterocycles. The van der Waals surface area contributed by atoms with Crippen LogP contribution in [-0.2, 0) is 17.6 Å². The third-order valence-corrected chi connectivity index (χ3v) is 4.30. The summed E-state index contributed by atoms with van der Waals surface area (Å²) in [6.45, 7) is 5.98. The van der Waals surface area contributed by atoms with Crippen molar-refractivity contribution in [3.8, 4) is 0 Å². The molecule has 3 rings (SSSR count). The van der Waals surface area contributed by atoms with Gasteiger partial charge in [0.05, 0.1) is 6.42 Å². The average molecular weight is 316 g/mol. The van der Waals surface area contributed by atoms with E-state index in [-0.39, 0.29) is 12.3 Å². The third kappa shape index (κ3) is 2.85. The van der Waals surface area contributed by atoms with Crippen molar-refractivity contribution in [3.05, 3.63) is 34.0 Å². The highest BCUT2D eigenvalue weighted by Crippen LogP contribution is 2.24. The fourth-order valence-electron chi connectivity index (χ4n) is 2.33. The number of carbonyl (C=O) groups is 1. The predicted octanol–water partition coefficient (Wildman–Crippen LogP) is 3.04. The Labute approximate surface area is 131 Å². The lowest BCUT2D eigenvalue weighted by atomic mass is 10.1. The summed E-state index contributed by atoms with van der Waals surface area (Å²) in [5.74, 6) is -0.173. The minimum Gasteiger partial charge on any atom is -0.356 e. The monoisotopic (exact) mass is 316 g/mol. The van der Waals surface area contributed by atoms with Gasteiger partial charge in [-0.2, -0.15) is 0 Å². The number of benzene rings is 1. The number of hydrogen-bond donors (Lipinski definition) is 1. The number of carbonyl (C=O) groups excluding carboxylic acids is 1. The van der Waals surface area contributed by atoms with Crippen LogP contribution in [0.15, 0.2) is 16.7 Å². The fourth-order valence-corrected chi connectivity index (χ4v) is 3.03. The van der Waals surface area contributed by atoms with Gasteiger partial charge >= 0.3 is 0 Å². The number of hydrogen-bond acceptors (Lipinski definition) is 6. The van der Waals surface area contributed by atoms with E-state index in [4.69, 9.17) is 4.52 Å². The Balaban J connectivity index is 1.79. The molecule has 0 bridgehead atoms. The Kier molecular flexibility index (Phi) is 3.89. The smallest absolute Gasteiger partial charge is 0.232 e. The molecule has 0 aliphatic heterocycles. The molecule has 114 valence electrons. The van der Waals surface area contributed by atoms with Gasteiger partial charge in [-0.05, 0) is 37.5 Å². The number of aryl methyl sites for hydroxylation is 3. The largest absolute Gasteiger partial charge is 0.356 e. The van der Waals surface area contributed by atoms with Gasteiger partial charge in [-0.1, -0.05) is 29.5 Å². The van der Waals surface area contributed by atoms with Crippen LogP contribution in [0.25, 0.3) is 11.0 Å². The van der Waals surface area contributed by atoms with E-state index in [1.807, 2.05) is 32.9 Å². The molecule has 6 nitrogen and oxygen atoms in total. The molecule has 3 aromatic rings. The van der Waals surface area contributed by atoms with Crippen LogP contribution in [-0.4, -0.2) is 21.3 Å². The molecule has 1 amide bonds. The maximum absolute atomic E-state index is 12.1. The molecule has 22 heavy (non-hydrogen) atoms. The lowest BCUT2D eigenvalue weighted by Crippen LogP contribution is -2.14. The Bertz CT molecular complexity index is 837. The second-order valence-corrected chi connectivity index (χ2v) is 6.23. The van der Waals surface area contributed by atoms with Crippen LogP contribution in [0.1, 0.15) is 28.8 Å². The first-order valence-corrected chi connectivity index (χ1v) is 7.86. The summed E-state index contributed by atoms with van der Waals surface area (Å²) in [6.07, 6.45) is 0.955. The number of rotatable bonds is 4. The summed E-state index contributed by atoms with van der Waals surface area (Å²) in [4.78, 5) is 12.1. The predicted molar refractivity (Wildman–Crippen MR) is 85.1 cm³/mol. The van der Waals surface area contributed by atoms with Crippen molar-refractivity contribution in [2.45, 2.75) is 33.6 Å². The quantitative estimate of drug-likeness (QED) is 0.800. The fraction of sp³-hybridized carbons (Fsp3) is 0.333. The van der Waals surface area contributed by atoms with Crippen LogP contribution < -0.4 is 5.32 Å². The highest BCUT2D eigenvalue weighted by molar-refractivity contribution is 7.15. The molecule has 7 heteroatoms. The average Bonchev–Trinajstić information content (AvgIpc) is 3.06. The van der Waals surface area contributed by atoms with E-state index in [0.29, 0.717) is 10.8 Å². The molecule has 0 unspecified atom stereocenters. The van der Waals surface area contributed by atoms with Crippen molar-refractivity contribution >= 4 is 33.3 Å². The first-order chi connectivity index (χ1) is 10.6. The molecule has 1 aromatic carbocycles. The minimum atomic E-state index is -0.173. The third-order valence-electron chi connectivity index (χ3n) is 3.32. The minimum absolute atomic E-state index is 0.150. The standard InChI is InChI=1S/C15H16N4O2S/c1-4-13-17-18-15(22-13)16-12(20)7-11-10-6-8(2)5-9(3)14(10)21-19-11/h5-6H,4,7H2,1-3H3,(H,16,18,20). The maximum atomic E-state index is 12.1. The van der Waals surface area contributed by atoms with Crippen molar-refractivity contribution < 1.29 is 9.32 Å². The van der Waals surface area contributed by atoms with Crippen LogP contribution in [0.2, 0.25) is 0 Å². The second-order valence-electron chi connectivity index (χ2n) is 5.17. The second kappa shape index (κ2) is 5.84. The van der Waals surface area contributed by atoms with E-state index in [9.17, 15) is 4.79 Å². The summed E-state index contributed by atoms with van der Waals surface area (Å²) in [5, 5.41) is 17.0. The molecule has 2 heterocycles. The first kappa shape index (κ1) is 14.6. The Hall–Kier alpha value is -2.28.